The third-order valence-corrected chi connectivity index (χ3v) is 3.12. The number of carbonyl (C=O) groups excluding carboxylic acids is 1. The van der Waals surface area contributed by atoms with Gasteiger partial charge in [0.25, 0.3) is 0 Å². The summed E-state index contributed by atoms with van der Waals surface area (Å²) in [6, 6.07) is 8.35. The lowest BCUT2D eigenvalue weighted by molar-refractivity contribution is 0.104. The molecule has 92 valence electrons. The Labute approximate surface area is 101 Å². The minimum atomic E-state index is -3.54. The molecular weight excluding hydrogens is 238 g/mol. The third-order valence-electron chi connectivity index (χ3n) is 2.03. The van der Waals surface area contributed by atoms with E-state index in [2.05, 4.69) is 0 Å². The maximum Gasteiger partial charge on any atom is 0.205 e. The van der Waals surface area contributed by atoms with Crippen LogP contribution in [0.5, 0.6) is 0 Å². The first kappa shape index (κ1) is 13.4. The zero-order chi connectivity index (χ0) is 13.1. The predicted octanol–water partition coefficient (Wildman–Crippen LogP) is 1.32. The molecule has 5 heteroatoms. The molecule has 0 aliphatic carbocycles. The summed E-state index contributed by atoms with van der Waals surface area (Å²) >= 11 is 0. The fraction of sp³-hybridized carbons (Fsp3) is 0.250. The Bertz CT molecular complexity index is 530. The summed E-state index contributed by atoms with van der Waals surface area (Å²) in [6.45, 7) is 0. The zero-order valence-electron chi connectivity index (χ0n) is 10.0. The third kappa shape index (κ3) is 3.71. The summed E-state index contributed by atoms with van der Waals surface area (Å²) in [4.78, 5) is 13.4. The summed E-state index contributed by atoms with van der Waals surface area (Å²) < 4.78 is 23.1. The van der Waals surface area contributed by atoms with E-state index >= 15 is 0 Å². The van der Waals surface area contributed by atoms with Gasteiger partial charge in [0.05, 0.1) is 0 Å². The lowest BCUT2D eigenvalue weighted by Crippen LogP contribution is -2.16. The van der Waals surface area contributed by atoms with Crippen molar-refractivity contribution in [3.05, 3.63) is 47.0 Å². The average Bonchev–Trinajstić information content (AvgIpc) is 2.24. The molecule has 0 saturated heterocycles. The van der Waals surface area contributed by atoms with Crippen molar-refractivity contribution < 1.29 is 13.2 Å². The van der Waals surface area contributed by atoms with E-state index in [1.807, 2.05) is 0 Å². The van der Waals surface area contributed by atoms with Crippen LogP contribution in [0.1, 0.15) is 10.4 Å². The second-order valence-corrected chi connectivity index (χ2v) is 5.91. The first-order valence-corrected chi connectivity index (χ1v) is 6.89. The van der Waals surface area contributed by atoms with Crippen LogP contribution in [0.25, 0.3) is 0 Å². The second-order valence-electron chi connectivity index (χ2n) is 3.92. The fourth-order valence-electron chi connectivity index (χ4n) is 1.29. The normalized spacial score (nSPS) is 12.3. The van der Waals surface area contributed by atoms with E-state index in [9.17, 15) is 13.2 Å². The van der Waals surface area contributed by atoms with Gasteiger partial charge in [0.1, 0.15) is 4.91 Å². The Kier molecular flexibility index (Phi) is 4.07. The van der Waals surface area contributed by atoms with Gasteiger partial charge in [-0.25, -0.2) is 8.42 Å². The molecular formula is C12H15NO3S. The van der Waals surface area contributed by atoms with Crippen LogP contribution < -0.4 is 0 Å². The van der Waals surface area contributed by atoms with Crippen molar-refractivity contribution in [2.75, 3.05) is 20.4 Å². The van der Waals surface area contributed by atoms with E-state index < -0.39 is 15.6 Å². The minimum Gasteiger partial charge on any atom is -0.382 e. The molecule has 1 aromatic carbocycles. The number of rotatable bonds is 4. The Hall–Kier alpha value is -1.62. The Morgan fingerprint density at radius 3 is 2.12 bits per heavy atom. The van der Waals surface area contributed by atoms with Crippen molar-refractivity contribution in [1.29, 1.82) is 0 Å². The van der Waals surface area contributed by atoms with Crippen molar-refractivity contribution in [2.45, 2.75) is 0 Å². The molecule has 0 radical (unpaired) electrons. The molecule has 0 heterocycles. The van der Waals surface area contributed by atoms with E-state index in [0.717, 1.165) is 6.26 Å². The van der Waals surface area contributed by atoms with Crippen LogP contribution in [0.15, 0.2) is 41.4 Å². The second kappa shape index (κ2) is 5.14. The van der Waals surface area contributed by atoms with Crippen molar-refractivity contribution in [2.24, 2.45) is 0 Å². The van der Waals surface area contributed by atoms with Crippen LogP contribution in [0.2, 0.25) is 0 Å². The van der Waals surface area contributed by atoms with E-state index in [4.69, 9.17) is 0 Å². The van der Waals surface area contributed by atoms with Gasteiger partial charge in [-0.1, -0.05) is 30.3 Å². The van der Waals surface area contributed by atoms with Gasteiger partial charge in [-0.3, -0.25) is 4.79 Å². The van der Waals surface area contributed by atoms with Crippen LogP contribution in [0.4, 0.5) is 0 Å². The molecule has 0 amide bonds. The van der Waals surface area contributed by atoms with Crippen molar-refractivity contribution >= 4 is 15.6 Å². The number of hydrogen-bond donors (Lipinski definition) is 0. The Morgan fingerprint density at radius 1 is 1.18 bits per heavy atom. The molecule has 0 saturated carbocycles. The van der Waals surface area contributed by atoms with Crippen LogP contribution in [-0.4, -0.2) is 39.5 Å². The zero-order valence-corrected chi connectivity index (χ0v) is 10.9. The molecule has 0 atom stereocenters. The number of hydrogen-bond acceptors (Lipinski definition) is 4. The number of nitrogens with zero attached hydrogens (tertiary/aromatic N) is 1. The molecule has 4 nitrogen and oxygen atoms in total. The molecule has 0 aliphatic rings. The molecule has 0 unspecified atom stereocenters. The smallest absolute Gasteiger partial charge is 0.205 e. The molecule has 0 fully saturated rings. The Balaban J connectivity index is 3.24. The standard InChI is InChI=1S/C12H15NO3S/c1-13(2)9-11(17(3,15)16)12(14)10-7-5-4-6-8-10/h4-9H,1-3H3. The molecule has 17 heavy (non-hydrogen) atoms. The maximum absolute atomic E-state index is 12.1. The number of sulfone groups is 1. The summed E-state index contributed by atoms with van der Waals surface area (Å²) in [7, 11) is -0.197. The largest absolute Gasteiger partial charge is 0.382 e. The first-order valence-electron chi connectivity index (χ1n) is 5.00. The lowest BCUT2D eigenvalue weighted by atomic mass is 10.1. The highest BCUT2D eigenvalue weighted by molar-refractivity contribution is 7.95. The highest BCUT2D eigenvalue weighted by atomic mass is 32.2. The van der Waals surface area contributed by atoms with Crippen LogP contribution in [0.3, 0.4) is 0 Å². The number of Topliss-reactive ketones (excluding diaryl/α,β-unsaturated/α-hetero) is 1. The molecule has 0 bridgehead atoms. The van der Waals surface area contributed by atoms with Gasteiger partial charge < -0.3 is 4.90 Å². The first-order chi connectivity index (χ1) is 7.82. The topological polar surface area (TPSA) is 54.5 Å². The van der Waals surface area contributed by atoms with Crippen LogP contribution >= 0.6 is 0 Å². The quantitative estimate of drug-likeness (QED) is 0.600. The summed E-state index contributed by atoms with van der Waals surface area (Å²) in [5.74, 6) is -0.484. The van der Waals surface area contributed by atoms with E-state index in [1.165, 1.54) is 11.1 Å². The van der Waals surface area contributed by atoms with Gasteiger partial charge >= 0.3 is 0 Å². The number of benzene rings is 1. The Morgan fingerprint density at radius 2 is 1.71 bits per heavy atom. The summed E-state index contributed by atoms with van der Waals surface area (Å²) in [6.07, 6.45) is 2.36. The molecule has 0 aliphatic heterocycles. The number of carbonyl (C=O) groups is 1. The summed E-state index contributed by atoms with van der Waals surface area (Å²) in [5, 5.41) is 0. The van der Waals surface area contributed by atoms with E-state index in [-0.39, 0.29) is 4.91 Å². The van der Waals surface area contributed by atoms with Crippen LogP contribution in [0, 0.1) is 0 Å². The van der Waals surface area contributed by atoms with Gasteiger partial charge in [-0.2, -0.15) is 0 Å². The highest BCUT2D eigenvalue weighted by Crippen LogP contribution is 2.13. The van der Waals surface area contributed by atoms with Gasteiger partial charge in [-0.05, 0) is 0 Å². The van der Waals surface area contributed by atoms with E-state index in [1.54, 1.807) is 44.4 Å². The monoisotopic (exact) mass is 253 g/mol. The average molecular weight is 253 g/mol. The summed E-state index contributed by atoms with van der Waals surface area (Å²) in [5.41, 5.74) is 0.367. The molecule has 0 spiro atoms. The van der Waals surface area contributed by atoms with Gasteiger partial charge in [0, 0.05) is 32.1 Å². The molecule has 0 aromatic heterocycles. The number of ketones is 1. The van der Waals surface area contributed by atoms with E-state index in [0.29, 0.717) is 5.56 Å². The minimum absolute atomic E-state index is 0.200. The number of allylic oxidation sites excluding steroid dienone is 1. The van der Waals surface area contributed by atoms with Gasteiger partial charge in [0.2, 0.25) is 5.78 Å². The van der Waals surface area contributed by atoms with Gasteiger partial charge in [0.15, 0.2) is 9.84 Å². The van der Waals surface area contributed by atoms with Crippen molar-refractivity contribution in [1.82, 2.24) is 4.90 Å². The highest BCUT2D eigenvalue weighted by Gasteiger charge is 2.21. The predicted molar refractivity (Wildman–Crippen MR) is 67.4 cm³/mol. The van der Waals surface area contributed by atoms with Crippen molar-refractivity contribution in [3.63, 3.8) is 0 Å². The van der Waals surface area contributed by atoms with Crippen molar-refractivity contribution in [3.8, 4) is 0 Å². The maximum atomic E-state index is 12.1. The molecule has 0 N–H and O–H groups in total. The van der Waals surface area contributed by atoms with Crippen LogP contribution in [-0.2, 0) is 9.84 Å². The fourth-order valence-corrected chi connectivity index (χ4v) is 2.15. The molecule has 1 rings (SSSR count). The SMILES string of the molecule is CN(C)C=C(C(=O)c1ccccc1)S(C)(=O)=O. The lowest BCUT2D eigenvalue weighted by Gasteiger charge is -2.09. The molecule has 1 aromatic rings. The van der Waals surface area contributed by atoms with Gasteiger partial charge in [-0.15, -0.1) is 0 Å².